The first-order valence-corrected chi connectivity index (χ1v) is 5.94. The van der Waals surface area contributed by atoms with Gasteiger partial charge in [-0.1, -0.05) is 0 Å². The fourth-order valence-corrected chi connectivity index (χ4v) is 1.86. The maximum absolute atomic E-state index is 5.31. The largest absolute Gasteiger partial charge is 0.379 e. The van der Waals surface area contributed by atoms with E-state index < -0.39 is 0 Å². The van der Waals surface area contributed by atoms with Crippen LogP contribution in [0.25, 0.3) is 0 Å². The van der Waals surface area contributed by atoms with Crippen molar-refractivity contribution in [3.63, 3.8) is 0 Å². The highest BCUT2D eigenvalue weighted by atomic mass is 16.5. The molecule has 2 rings (SSSR count). The molecule has 0 unspecified atom stereocenters. The predicted octanol–water partition coefficient (Wildman–Crippen LogP) is 0.222. The highest BCUT2D eigenvalue weighted by Gasteiger charge is 2.08. The number of nitrogens with one attached hydrogen (secondary N) is 2. The quantitative estimate of drug-likeness (QED) is 0.679. The minimum atomic E-state index is 0.878. The van der Waals surface area contributed by atoms with Gasteiger partial charge in [0.15, 0.2) is 0 Å². The van der Waals surface area contributed by atoms with Gasteiger partial charge in [-0.2, -0.15) is 5.10 Å². The van der Waals surface area contributed by atoms with Gasteiger partial charge in [0, 0.05) is 31.5 Å². The van der Waals surface area contributed by atoms with E-state index in [-0.39, 0.29) is 0 Å². The van der Waals surface area contributed by atoms with E-state index in [0.29, 0.717) is 0 Å². The van der Waals surface area contributed by atoms with Crippen LogP contribution in [-0.2, 0) is 11.3 Å². The zero-order valence-electron chi connectivity index (χ0n) is 9.61. The highest BCUT2D eigenvalue weighted by Crippen LogP contribution is 1.97. The Labute approximate surface area is 96.2 Å². The number of aromatic nitrogens is 2. The number of morpholine rings is 1. The molecule has 0 atom stereocenters. The number of rotatable bonds is 6. The molecule has 1 aliphatic heterocycles. The first kappa shape index (κ1) is 11.6. The van der Waals surface area contributed by atoms with Crippen LogP contribution in [-0.4, -0.2) is 54.5 Å². The van der Waals surface area contributed by atoms with Crippen LogP contribution in [0.4, 0.5) is 0 Å². The summed E-state index contributed by atoms with van der Waals surface area (Å²) in [6, 6.07) is 2.00. The molecule has 90 valence electrons. The minimum absolute atomic E-state index is 0.878. The van der Waals surface area contributed by atoms with Gasteiger partial charge in [-0.15, -0.1) is 0 Å². The average Bonchev–Trinajstić information content (AvgIpc) is 2.83. The fraction of sp³-hybridized carbons (Fsp3) is 0.727. The van der Waals surface area contributed by atoms with Gasteiger partial charge < -0.3 is 10.1 Å². The van der Waals surface area contributed by atoms with Crippen LogP contribution in [0.5, 0.6) is 0 Å². The van der Waals surface area contributed by atoms with E-state index in [1.165, 1.54) is 13.0 Å². The van der Waals surface area contributed by atoms with Crippen molar-refractivity contribution >= 4 is 0 Å². The van der Waals surface area contributed by atoms with E-state index in [1.54, 1.807) is 6.20 Å². The smallest absolute Gasteiger partial charge is 0.0594 e. The van der Waals surface area contributed by atoms with Crippen LogP contribution < -0.4 is 5.32 Å². The van der Waals surface area contributed by atoms with Crippen LogP contribution >= 0.6 is 0 Å². The lowest BCUT2D eigenvalue weighted by molar-refractivity contribution is 0.0374. The molecular weight excluding hydrogens is 204 g/mol. The maximum atomic E-state index is 5.31. The molecule has 16 heavy (non-hydrogen) atoms. The van der Waals surface area contributed by atoms with Crippen molar-refractivity contribution in [2.75, 3.05) is 39.4 Å². The van der Waals surface area contributed by atoms with E-state index in [4.69, 9.17) is 4.74 Å². The summed E-state index contributed by atoms with van der Waals surface area (Å²) in [5, 5.41) is 10.2. The molecule has 1 aromatic rings. The van der Waals surface area contributed by atoms with Crippen molar-refractivity contribution in [1.29, 1.82) is 0 Å². The van der Waals surface area contributed by atoms with Crippen molar-refractivity contribution < 1.29 is 4.74 Å². The van der Waals surface area contributed by atoms with Gasteiger partial charge in [0.2, 0.25) is 0 Å². The van der Waals surface area contributed by atoms with Crippen molar-refractivity contribution in [1.82, 2.24) is 20.4 Å². The summed E-state index contributed by atoms with van der Waals surface area (Å²) in [7, 11) is 0. The van der Waals surface area contributed by atoms with Gasteiger partial charge in [0.1, 0.15) is 0 Å². The summed E-state index contributed by atoms with van der Waals surface area (Å²) < 4.78 is 5.31. The summed E-state index contributed by atoms with van der Waals surface area (Å²) >= 11 is 0. The van der Waals surface area contributed by atoms with E-state index in [9.17, 15) is 0 Å². The fourth-order valence-electron chi connectivity index (χ4n) is 1.86. The maximum Gasteiger partial charge on any atom is 0.0594 e. The predicted molar refractivity (Wildman–Crippen MR) is 62.2 cm³/mol. The monoisotopic (exact) mass is 224 g/mol. The van der Waals surface area contributed by atoms with Crippen LogP contribution in [0.3, 0.4) is 0 Å². The van der Waals surface area contributed by atoms with E-state index in [2.05, 4.69) is 20.4 Å². The Morgan fingerprint density at radius 3 is 3.06 bits per heavy atom. The van der Waals surface area contributed by atoms with Crippen molar-refractivity contribution in [2.24, 2.45) is 0 Å². The standard InChI is InChI=1S/C11H20N4O/c1(5-15-6-8-16-9-7-15)3-12-10-11-2-4-13-14-11/h2,4,12H,1,3,5-10H2,(H,13,14). The van der Waals surface area contributed by atoms with Gasteiger partial charge in [-0.05, 0) is 25.6 Å². The summed E-state index contributed by atoms with van der Waals surface area (Å²) in [5.74, 6) is 0. The number of H-pyrrole nitrogens is 1. The number of nitrogens with zero attached hydrogens (tertiary/aromatic N) is 2. The molecule has 1 aromatic heterocycles. The molecule has 5 heteroatoms. The molecular formula is C11H20N4O. The summed E-state index contributed by atoms with van der Waals surface area (Å²) in [4.78, 5) is 2.46. The second kappa shape index (κ2) is 6.62. The third kappa shape index (κ3) is 3.92. The van der Waals surface area contributed by atoms with Gasteiger partial charge in [-0.25, -0.2) is 0 Å². The van der Waals surface area contributed by atoms with E-state index in [0.717, 1.165) is 45.1 Å². The Balaban J connectivity index is 1.48. The van der Waals surface area contributed by atoms with Gasteiger partial charge >= 0.3 is 0 Å². The molecule has 0 saturated carbocycles. The minimum Gasteiger partial charge on any atom is -0.379 e. The van der Waals surface area contributed by atoms with Gasteiger partial charge in [0.05, 0.1) is 13.2 Å². The van der Waals surface area contributed by atoms with Crippen molar-refractivity contribution in [2.45, 2.75) is 13.0 Å². The lowest BCUT2D eigenvalue weighted by atomic mass is 10.3. The number of aromatic amines is 1. The summed E-state index contributed by atoms with van der Waals surface area (Å²) in [6.45, 7) is 7.04. The molecule has 2 heterocycles. The Hall–Kier alpha value is -0.910. The second-order valence-electron chi connectivity index (χ2n) is 4.07. The molecule has 5 nitrogen and oxygen atoms in total. The zero-order chi connectivity index (χ0) is 11.1. The molecule has 1 fully saturated rings. The van der Waals surface area contributed by atoms with Crippen molar-refractivity contribution in [3.8, 4) is 0 Å². The lowest BCUT2D eigenvalue weighted by Gasteiger charge is -2.26. The summed E-state index contributed by atoms with van der Waals surface area (Å²) in [6.07, 6.45) is 2.97. The Morgan fingerprint density at radius 1 is 1.44 bits per heavy atom. The van der Waals surface area contributed by atoms with Crippen LogP contribution in [0.1, 0.15) is 12.1 Å². The van der Waals surface area contributed by atoms with E-state index in [1.807, 2.05) is 6.07 Å². The molecule has 1 aliphatic rings. The Morgan fingerprint density at radius 2 is 2.31 bits per heavy atom. The first-order chi connectivity index (χ1) is 7.95. The topological polar surface area (TPSA) is 53.2 Å². The molecule has 0 aliphatic carbocycles. The van der Waals surface area contributed by atoms with Crippen LogP contribution in [0.15, 0.2) is 12.3 Å². The third-order valence-corrected chi connectivity index (χ3v) is 2.81. The molecule has 0 radical (unpaired) electrons. The van der Waals surface area contributed by atoms with Gasteiger partial charge in [0.25, 0.3) is 0 Å². The average molecular weight is 224 g/mol. The molecule has 1 saturated heterocycles. The molecule has 2 N–H and O–H groups in total. The molecule has 0 amide bonds. The molecule has 0 aromatic carbocycles. The SMILES string of the molecule is c1cc(CNCCCN2CCOCC2)[nH]n1. The number of hydrogen-bond acceptors (Lipinski definition) is 4. The summed E-state index contributed by atoms with van der Waals surface area (Å²) in [5.41, 5.74) is 1.14. The molecule has 0 bridgehead atoms. The normalized spacial score (nSPS) is 17.8. The number of hydrogen-bond donors (Lipinski definition) is 2. The number of ether oxygens (including phenoxy) is 1. The van der Waals surface area contributed by atoms with E-state index >= 15 is 0 Å². The lowest BCUT2D eigenvalue weighted by Crippen LogP contribution is -2.37. The Kier molecular flexibility index (Phi) is 4.79. The van der Waals surface area contributed by atoms with Crippen molar-refractivity contribution in [3.05, 3.63) is 18.0 Å². The first-order valence-electron chi connectivity index (χ1n) is 5.94. The van der Waals surface area contributed by atoms with Crippen LogP contribution in [0.2, 0.25) is 0 Å². The van der Waals surface area contributed by atoms with Gasteiger partial charge in [-0.3, -0.25) is 10.00 Å². The van der Waals surface area contributed by atoms with Crippen LogP contribution in [0, 0.1) is 0 Å². The third-order valence-electron chi connectivity index (χ3n) is 2.81. The molecule has 0 spiro atoms. The second-order valence-corrected chi connectivity index (χ2v) is 4.07. The zero-order valence-corrected chi connectivity index (χ0v) is 9.61. The highest BCUT2D eigenvalue weighted by molar-refractivity contribution is 4.96. The Bertz CT molecular complexity index is 270.